The van der Waals surface area contributed by atoms with Crippen LogP contribution in [0.25, 0.3) is 0 Å². The Labute approximate surface area is 155 Å². The van der Waals surface area contributed by atoms with Gasteiger partial charge in [0.05, 0.1) is 19.3 Å². The number of anilines is 1. The molecule has 0 aromatic heterocycles. The highest BCUT2D eigenvalue weighted by atomic mass is 16.5. The second-order valence-corrected chi connectivity index (χ2v) is 6.55. The maximum atomic E-state index is 12.5. The maximum Gasteiger partial charge on any atom is 0.236 e. The van der Waals surface area contributed by atoms with Gasteiger partial charge in [-0.25, -0.2) is 0 Å². The summed E-state index contributed by atoms with van der Waals surface area (Å²) in [7, 11) is 1.69. The van der Waals surface area contributed by atoms with Crippen LogP contribution in [-0.4, -0.2) is 50.6 Å². The molecule has 3 rings (SSSR count). The fourth-order valence-electron chi connectivity index (χ4n) is 3.30. The van der Waals surface area contributed by atoms with Crippen molar-refractivity contribution >= 4 is 11.6 Å². The highest BCUT2D eigenvalue weighted by molar-refractivity contribution is 5.78. The number of benzene rings is 2. The van der Waals surface area contributed by atoms with Gasteiger partial charge >= 0.3 is 0 Å². The van der Waals surface area contributed by atoms with Crippen molar-refractivity contribution in [2.45, 2.75) is 13.0 Å². The van der Waals surface area contributed by atoms with Crippen LogP contribution in [0, 0.1) is 0 Å². The third kappa shape index (κ3) is 4.35. The average molecular weight is 353 g/mol. The van der Waals surface area contributed by atoms with Gasteiger partial charge in [-0.1, -0.05) is 42.5 Å². The molecule has 0 bridgehead atoms. The first-order valence-corrected chi connectivity index (χ1v) is 9.13. The van der Waals surface area contributed by atoms with Crippen LogP contribution in [0.3, 0.4) is 0 Å². The molecule has 1 heterocycles. The van der Waals surface area contributed by atoms with E-state index in [2.05, 4.69) is 35.3 Å². The Bertz CT molecular complexity index is 712. The zero-order valence-corrected chi connectivity index (χ0v) is 15.5. The molecule has 1 unspecified atom stereocenters. The van der Waals surface area contributed by atoms with Gasteiger partial charge in [0.1, 0.15) is 5.75 Å². The van der Waals surface area contributed by atoms with Gasteiger partial charge in [-0.15, -0.1) is 0 Å². The van der Waals surface area contributed by atoms with Gasteiger partial charge in [0, 0.05) is 32.2 Å². The third-order valence-corrected chi connectivity index (χ3v) is 4.92. The van der Waals surface area contributed by atoms with E-state index in [-0.39, 0.29) is 11.9 Å². The number of nitrogens with zero attached hydrogens (tertiary/aromatic N) is 2. The normalized spacial score (nSPS) is 15.6. The Morgan fingerprint density at radius 3 is 2.38 bits per heavy atom. The van der Waals surface area contributed by atoms with Gasteiger partial charge in [0.15, 0.2) is 0 Å². The minimum absolute atomic E-state index is 0.160. The predicted molar refractivity (Wildman–Crippen MR) is 105 cm³/mol. The molecule has 2 aromatic rings. The number of hydrogen-bond donors (Lipinski definition) is 1. The fraction of sp³-hybridized carbons (Fsp3) is 0.381. The van der Waals surface area contributed by atoms with Crippen molar-refractivity contribution in [3.63, 3.8) is 0 Å². The number of rotatable bonds is 6. The Balaban J connectivity index is 1.49. The second-order valence-electron chi connectivity index (χ2n) is 6.55. The molecule has 2 aromatic carbocycles. The zero-order chi connectivity index (χ0) is 18.4. The minimum atomic E-state index is 0.160. The lowest BCUT2D eigenvalue weighted by atomic mass is 10.1. The number of amides is 1. The van der Waals surface area contributed by atoms with E-state index in [0.29, 0.717) is 6.54 Å². The number of para-hydroxylation sites is 2. The molecule has 0 aliphatic carbocycles. The summed E-state index contributed by atoms with van der Waals surface area (Å²) in [4.78, 5) is 16.7. The van der Waals surface area contributed by atoms with Crippen LogP contribution >= 0.6 is 0 Å². The molecule has 5 heteroatoms. The quantitative estimate of drug-likeness (QED) is 0.867. The molecule has 0 saturated carbocycles. The van der Waals surface area contributed by atoms with Crippen molar-refractivity contribution in [2.24, 2.45) is 0 Å². The van der Waals surface area contributed by atoms with Gasteiger partial charge in [-0.3, -0.25) is 4.79 Å². The van der Waals surface area contributed by atoms with Crippen molar-refractivity contribution in [3.8, 4) is 5.75 Å². The summed E-state index contributed by atoms with van der Waals surface area (Å²) >= 11 is 0. The summed E-state index contributed by atoms with van der Waals surface area (Å²) in [6.45, 7) is 5.56. The number of ether oxygens (including phenoxy) is 1. The van der Waals surface area contributed by atoms with Crippen LogP contribution in [-0.2, 0) is 4.79 Å². The number of nitrogens with one attached hydrogen (secondary N) is 1. The lowest BCUT2D eigenvalue weighted by molar-refractivity contribution is -0.130. The van der Waals surface area contributed by atoms with Crippen molar-refractivity contribution in [1.29, 1.82) is 0 Å². The van der Waals surface area contributed by atoms with Crippen LogP contribution in [0.4, 0.5) is 5.69 Å². The van der Waals surface area contributed by atoms with E-state index in [4.69, 9.17) is 4.74 Å². The van der Waals surface area contributed by atoms with Crippen molar-refractivity contribution in [3.05, 3.63) is 60.2 Å². The van der Waals surface area contributed by atoms with E-state index in [1.807, 2.05) is 41.3 Å². The molecule has 138 valence electrons. The molecule has 1 saturated heterocycles. The number of carbonyl (C=O) groups excluding carboxylic acids is 1. The first-order chi connectivity index (χ1) is 12.7. The smallest absolute Gasteiger partial charge is 0.236 e. The van der Waals surface area contributed by atoms with Gasteiger partial charge < -0.3 is 19.9 Å². The number of hydrogen-bond acceptors (Lipinski definition) is 4. The fourth-order valence-corrected chi connectivity index (χ4v) is 3.30. The summed E-state index contributed by atoms with van der Waals surface area (Å²) in [6.07, 6.45) is 0. The summed E-state index contributed by atoms with van der Waals surface area (Å²) < 4.78 is 5.45. The van der Waals surface area contributed by atoms with Crippen LogP contribution in [0.5, 0.6) is 5.75 Å². The summed E-state index contributed by atoms with van der Waals surface area (Å²) in [5.41, 5.74) is 2.29. The summed E-state index contributed by atoms with van der Waals surface area (Å²) in [6, 6.07) is 18.4. The molecule has 26 heavy (non-hydrogen) atoms. The zero-order valence-electron chi connectivity index (χ0n) is 15.5. The van der Waals surface area contributed by atoms with Crippen LogP contribution in [0.1, 0.15) is 18.5 Å². The topological polar surface area (TPSA) is 44.8 Å². The lowest BCUT2D eigenvalue weighted by Crippen LogP contribution is -2.51. The van der Waals surface area contributed by atoms with Crippen LogP contribution in [0.15, 0.2) is 54.6 Å². The molecular formula is C21H27N3O2. The van der Waals surface area contributed by atoms with Crippen molar-refractivity contribution in [2.75, 3.05) is 44.7 Å². The van der Waals surface area contributed by atoms with E-state index in [1.165, 1.54) is 5.56 Å². The van der Waals surface area contributed by atoms with E-state index < -0.39 is 0 Å². The number of methoxy groups -OCH3 is 1. The highest BCUT2D eigenvalue weighted by Gasteiger charge is 2.22. The van der Waals surface area contributed by atoms with Gasteiger partial charge in [0.2, 0.25) is 5.91 Å². The van der Waals surface area contributed by atoms with E-state index >= 15 is 0 Å². The molecular weight excluding hydrogens is 326 g/mol. The number of carbonyl (C=O) groups is 1. The Morgan fingerprint density at radius 2 is 1.69 bits per heavy atom. The lowest BCUT2D eigenvalue weighted by Gasteiger charge is -2.36. The Morgan fingerprint density at radius 1 is 1.04 bits per heavy atom. The predicted octanol–water partition coefficient (Wildman–Crippen LogP) is 2.69. The van der Waals surface area contributed by atoms with E-state index in [1.54, 1.807) is 7.11 Å². The van der Waals surface area contributed by atoms with Gasteiger partial charge in [0.25, 0.3) is 0 Å². The standard InChI is InChI=1S/C21H27N3O2/c1-17(18-8-4-3-5-9-18)22-16-21(25)24-14-12-23(13-15-24)19-10-6-7-11-20(19)26-2/h3-11,17,22H,12-16H2,1-2H3. The Hall–Kier alpha value is -2.53. The van der Waals surface area contributed by atoms with Crippen LogP contribution < -0.4 is 15.0 Å². The van der Waals surface area contributed by atoms with E-state index in [9.17, 15) is 4.79 Å². The van der Waals surface area contributed by atoms with Crippen molar-refractivity contribution in [1.82, 2.24) is 10.2 Å². The second kappa shape index (κ2) is 8.72. The molecule has 1 atom stereocenters. The molecule has 0 radical (unpaired) electrons. The molecule has 5 nitrogen and oxygen atoms in total. The first kappa shape index (κ1) is 18.3. The molecule has 0 spiro atoms. The SMILES string of the molecule is COc1ccccc1N1CCN(C(=O)CNC(C)c2ccccc2)CC1. The van der Waals surface area contributed by atoms with Crippen molar-refractivity contribution < 1.29 is 9.53 Å². The maximum absolute atomic E-state index is 12.5. The molecule has 1 fully saturated rings. The minimum Gasteiger partial charge on any atom is -0.495 e. The average Bonchev–Trinajstić information content (AvgIpc) is 2.72. The summed E-state index contributed by atoms with van der Waals surface area (Å²) in [5.74, 6) is 1.04. The van der Waals surface area contributed by atoms with E-state index in [0.717, 1.165) is 37.6 Å². The van der Waals surface area contributed by atoms with Gasteiger partial charge in [-0.2, -0.15) is 0 Å². The molecule has 1 aliphatic rings. The van der Waals surface area contributed by atoms with Crippen LogP contribution in [0.2, 0.25) is 0 Å². The first-order valence-electron chi connectivity index (χ1n) is 9.13. The third-order valence-electron chi connectivity index (χ3n) is 4.92. The highest BCUT2D eigenvalue weighted by Crippen LogP contribution is 2.28. The molecule has 1 N–H and O–H groups in total. The summed E-state index contributed by atoms with van der Waals surface area (Å²) in [5, 5.41) is 3.33. The number of piperazine rings is 1. The largest absolute Gasteiger partial charge is 0.495 e. The molecule has 1 aliphatic heterocycles. The van der Waals surface area contributed by atoms with Gasteiger partial charge in [-0.05, 0) is 24.6 Å². The Kier molecular flexibility index (Phi) is 6.12. The monoisotopic (exact) mass is 353 g/mol. The molecule has 1 amide bonds.